The molecule has 0 amide bonds. The van der Waals surface area contributed by atoms with E-state index in [4.69, 9.17) is 14.6 Å². The molecule has 0 fully saturated rings. The Labute approximate surface area is 127 Å². The van der Waals surface area contributed by atoms with Gasteiger partial charge in [0, 0.05) is 19.7 Å². The van der Waals surface area contributed by atoms with Crippen LogP contribution in [-0.4, -0.2) is 41.4 Å². The number of furan rings is 1. The zero-order valence-electron chi connectivity index (χ0n) is 12.1. The van der Waals surface area contributed by atoms with Gasteiger partial charge in [0.2, 0.25) is 0 Å². The molecule has 1 aromatic heterocycles. The first-order valence-electron chi connectivity index (χ1n) is 7.13. The van der Waals surface area contributed by atoms with Crippen molar-refractivity contribution in [3.05, 3.63) is 47.7 Å². The van der Waals surface area contributed by atoms with Gasteiger partial charge >= 0.3 is 0 Å². The second-order valence-corrected chi connectivity index (χ2v) is 4.94. The smallest absolute Gasteiger partial charge is 0.140 e. The molecule has 1 aromatic carbocycles. The molecule has 0 unspecified atom stereocenters. The van der Waals surface area contributed by atoms with Crippen LogP contribution in [0, 0.1) is 11.6 Å². The maximum atomic E-state index is 13.7. The Morgan fingerprint density at radius 3 is 2.32 bits per heavy atom. The number of hydrogen-bond acceptors (Lipinski definition) is 4. The lowest BCUT2D eigenvalue weighted by atomic mass is 10.1. The Kier molecular flexibility index (Phi) is 6.06. The van der Waals surface area contributed by atoms with E-state index in [1.807, 2.05) is 4.90 Å². The van der Waals surface area contributed by atoms with Gasteiger partial charge < -0.3 is 14.6 Å². The first kappa shape index (κ1) is 16.6. The molecule has 0 radical (unpaired) electrons. The van der Waals surface area contributed by atoms with Gasteiger partial charge in [0.1, 0.15) is 23.2 Å². The number of hydrogen-bond donors (Lipinski definition) is 2. The van der Waals surface area contributed by atoms with E-state index in [1.165, 1.54) is 24.3 Å². The minimum absolute atomic E-state index is 0.0130. The van der Waals surface area contributed by atoms with E-state index < -0.39 is 11.6 Å². The molecule has 1 heterocycles. The lowest BCUT2D eigenvalue weighted by Crippen LogP contribution is -2.27. The summed E-state index contributed by atoms with van der Waals surface area (Å²) in [4.78, 5) is 1.90. The molecule has 0 spiro atoms. The number of halogens is 2. The van der Waals surface area contributed by atoms with Gasteiger partial charge in [0.25, 0.3) is 0 Å². The Morgan fingerprint density at radius 2 is 1.68 bits per heavy atom. The van der Waals surface area contributed by atoms with Crippen LogP contribution >= 0.6 is 0 Å². The van der Waals surface area contributed by atoms with Crippen molar-refractivity contribution in [2.24, 2.45) is 0 Å². The molecule has 0 bridgehead atoms. The van der Waals surface area contributed by atoms with Crippen LogP contribution in [-0.2, 0) is 6.54 Å². The second-order valence-electron chi connectivity index (χ2n) is 4.94. The average Bonchev–Trinajstić information content (AvgIpc) is 2.93. The first-order chi connectivity index (χ1) is 10.7. The minimum atomic E-state index is -0.673. The molecule has 0 aliphatic rings. The summed E-state index contributed by atoms with van der Waals surface area (Å²) >= 11 is 0. The number of aliphatic hydroxyl groups is 2. The highest BCUT2D eigenvalue weighted by Crippen LogP contribution is 2.28. The summed E-state index contributed by atoms with van der Waals surface area (Å²) in [6, 6.07) is 6.85. The van der Waals surface area contributed by atoms with E-state index >= 15 is 0 Å². The molecule has 0 aliphatic heterocycles. The third-order valence-electron chi connectivity index (χ3n) is 3.30. The lowest BCUT2D eigenvalue weighted by molar-refractivity contribution is 0.166. The molecular formula is C16H19F2NO3. The normalized spacial score (nSPS) is 11.3. The van der Waals surface area contributed by atoms with Gasteiger partial charge in [-0.3, -0.25) is 4.90 Å². The fourth-order valence-corrected chi connectivity index (χ4v) is 2.26. The van der Waals surface area contributed by atoms with Crippen LogP contribution in [0.15, 0.2) is 34.7 Å². The Morgan fingerprint density at radius 1 is 0.955 bits per heavy atom. The molecule has 2 aromatic rings. The number of aliphatic hydroxyl groups excluding tert-OH is 2. The van der Waals surface area contributed by atoms with E-state index in [1.54, 1.807) is 6.07 Å². The quantitative estimate of drug-likeness (QED) is 0.786. The number of benzene rings is 1. The largest absolute Gasteiger partial charge is 0.460 e. The average molecular weight is 311 g/mol. The molecular weight excluding hydrogens is 292 g/mol. The second kappa shape index (κ2) is 8.03. The van der Waals surface area contributed by atoms with Gasteiger partial charge in [-0.1, -0.05) is 6.07 Å². The summed E-state index contributed by atoms with van der Waals surface area (Å²) in [6.45, 7) is 1.48. The van der Waals surface area contributed by atoms with E-state index in [2.05, 4.69) is 0 Å². The summed E-state index contributed by atoms with van der Waals surface area (Å²) in [5.74, 6) is -0.664. The Bertz CT molecular complexity index is 581. The van der Waals surface area contributed by atoms with Crippen LogP contribution in [0.25, 0.3) is 11.3 Å². The molecule has 120 valence electrons. The molecule has 0 atom stereocenters. The van der Waals surface area contributed by atoms with E-state index in [-0.39, 0.29) is 24.5 Å². The summed E-state index contributed by atoms with van der Waals surface area (Å²) in [6.07, 6.45) is 0.579. The predicted octanol–water partition coefficient (Wildman–Crippen LogP) is 2.40. The van der Waals surface area contributed by atoms with Crippen LogP contribution in [0.2, 0.25) is 0 Å². The third-order valence-corrected chi connectivity index (χ3v) is 3.30. The van der Waals surface area contributed by atoms with E-state index in [0.29, 0.717) is 31.8 Å². The van der Waals surface area contributed by atoms with Crippen molar-refractivity contribution in [3.63, 3.8) is 0 Å². The fourth-order valence-electron chi connectivity index (χ4n) is 2.26. The lowest BCUT2D eigenvalue weighted by Gasteiger charge is -2.19. The summed E-state index contributed by atoms with van der Waals surface area (Å²) < 4.78 is 33.0. The van der Waals surface area contributed by atoms with Crippen molar-refractivity contribution in [2.75, 3.05) is 26.3 Å². The van der Waals surface area contributed by atoms with Crippen LogP contribution in [0.5, 0.6) is 0 Å². The molecule has 22 heavy (non-hydrogen) atoms. The Balaban J connectivity index is 2.13. The maximum absolute atomic E-state index is 13.7. The van der Waals surface area contributed by atoms with Crippen LogP contribution in [0.4, 0.5) is 8.78 Å². The van der Waals surface area contributed by atoms with Crippen LogP contribution < -0.4 is 0 Å². The zero-order valence-corrected chi connectivity index (χ0v) is 12.1. The molecule has 0 aliphatic carbocycles. The van der Waals surface area contributed by atoms with E-state index in [0.717, 1.165) is 0 Å². The summed E-state index contributed by atoms with van der Waals surface area (Å²) in [7, 11) is 0. The van der Waals surface area contributed by atoms with Gasteiger partial charge in [-0.2, -0.15) is 0 Å². The number of rotatable bonds is 8. The van der Waals surface area contributed by atoms with E-state index in [9.17, 15) is 8.78 Å². The van der Waals surface area contributed by atoms with Crippen LogP contribution in [0.3, 0.4) is 0 Å². The van der Waals surface area contributed by atoms with Gasteiger partial charge in [-0.05, 0) is 30.7 Å². The molecule has 2 N–H and O–H groups in total. The molecule has 0 saturated heterocycles. The SMILES string of the molecule is OCCCN(CCO)Cc1ccc(-c2c(F)cccc2F)o1. The molecule has 6 heteroatoms. The molecule has 2 rings (SSSR count). The van der Waals surface area contributed by atoms with Crippen molar-refractivity contribution in [1.29, 1.82) is 0 Å². The van der Waals surface area contributed by atoms with Gasteiger partial charge in [0.05, 0.1) is 18.7 Å². The first-order valence-corrected chi connectivity index (χ1v) is 7.13. The van der Waals surface area contributed by atoms with Gasteiger partial charge in [-0.25, -0.2) is 8.78 Å². The van der Waals surface area contributed by atoms with Crippen molar-refractivity contribution in [3.8, 4) is 11.3 Å². The predicted molar refractivity (Wildman–Crippen MR) is 78.1 cm³/mol. The zero-order chi connectivity index (χ0) is 15.9. The standard InChI is InChI=1S/C16H19F2NO3/c17-13-3-1-4-14(18)16(13)15-6-5-12(22-15)11-19(8-10-21)7-2-9-20/h1,3-6,20-21H,2,7-11H2. The van der Waals surface area contributed by atoms with Crippen molar-refractivity contribution < 1.29 is 23.4 Å². The monoisotopic (exact) mass is 311 g/mol. The van der Waals surface area contributed by atoms with Crippen LogP contribution in [0.1, 0.15) is 12.2 Å². The minimum Gasteiger partial charge on any atom is -0.460 e. The Hall–Kier alpha value is -1.76. The van der Waals surface area contributed by atoms with Gasteiger partial charge in [0.15, 0.2) is 0 Å². The van der Waals surface area contributed by atoms with Crippen molar-refractivity contribution >= 4 is 0 Å². The van der Waals surface area contributed by atoms with Gasteiger partial charge in [-0.15, -0.1) is 0 Å². The molecule has 4 nitrogen and oxygen atoms in total. The summed E-state index contributed by atoms with van der Waals surface area (Å²) in [5.41, 5.74) is -0.183. The maximum Gasteiger partial charge on any atom is 0.140 e. The highest BCUT2D eigenvalue weighted by atomic mass is 19.1. The topological polar surface area (TPSA) is 56.8 Å². The third kappa shape index (κ3) is 4.13. The fraction of sp³-hybridized carbons (Fsp3) is 0.375. The van der Waals surface area contributed by atoms with Crippen molar-refractivity contribution in [2.45, 2.75) is 13.0 Å². The number of nitrogens with zero attached hydrogens (tertiary/aromatic N) is 1. The molecule has 0 saturated carbocycles. The summed E-state index contributed by atoms with van der Waals surface area (Å²) in [5, 5.41) is 17.9. The highest BCUT2D eigenvalue weighted by molar-refractivity contribution is 5.59. The van der Waals surface area contributed by atoms with Crippen molar-refractivity contribution in [1.82, 2.24) is 4.90 Å². The highest BCUT2D eigenvalue weighted by Gasteiger charge is 2.16.